The Balaban J connectivity index is 2.28. The van der Waals surface area contributed by atoms with E-state index in [9.17, 15) is 0 Å². The molecule has 12 heavy (non-hydrogen) atoms. The molecule has 2 rings (SSSR count). The van der Waals surface area contributed by atoms with Crippen LogP contribution in [0.4, 0.5) is 5.95 Å². The Morgan fingerprint density at radius 3 is 2.58 bits per heavy atom. The van der Waals surface area contributed by atoms with Crippen molar-refractivity contribution in [3.8, 4) is 0 Å². The second-order valence-corrected chi connectivity index (χ2v) is 3.73. The number of nitrogens with zero attached hydrogens (tertiary/aromatic N) is 2. The molecule has 0 radical (unpaired) electrons. The maximum atomic E-state index is 5.39. The van der Waals surface area contributed by atoms with Gasteiger partial charge in [-0.1, -0.05) is 19.8 Å². The molecule has 1 fully saturated rings. The number of hydrogen-bond donors (Lipinski definition) is 1. The molecule has 0 unspecified atom stereocenters. The topological polar surface area (TPSA) is 64.9 Å². The Kier molecular flexibility index (Phi) is 1.56. The van der Waals surface area contributed by atoms with E-state index in [1.807, 2.05) is 0 Å². The molecular formula is C8H13N3O. The van der Waals surface area contributed by atoms with Crippen LogP contribution in [0, 0.1) is 0 Å². The standard InChI is InChI=1S/C8H13N3O/c1-8(4-2-3-5-8)6-10-7(9)11-12-6/h2-5H2,1H3,(H2,9,11). The van der Waals surface area contributed by atoms with Gasteiger partial charge in [0, 0.05) is 5.41 Å². The summed E-state index contributed by atoms with van der Waals surface area (Å²) in [5, 5.41) is 3.60. The fraction of sp³-hybridized carbons (Fsp3) is 0.750. The number of nitrogen functional groups attached to an aromatic ring is 1. The van der Waals surface area contributed by atoms with Crippen LogP contribution in [-0.4, -0.2) is 10.1 Å². The monoisotopic (exact) mass is 167 g/mol. The Hall–Kier alpha value is -1.06. The predicted octanol–water partition coefficient (Wildman–Crippen LogP) is 1.48. The highest BCUT2D eigenvalue weighted by Crippen LogP contribution is 2.39. The molecule has 0 bridgehead atoms. The van der Waals surface area contributed by atoms with E-state index in [2.05, 4.69) is 17.1 Å². The zero-order valence-electron chi connectivity index (χ0n) is 7.21. The average molecular weight is 167 g/mol. The zero-order chi connectivity index (χ0) is 8.60. The lowest BCUT2D eigenvalue weighted by Gasteiger charge is -2.16. The summed E-state index contributed by atoms with van der Waals surface area (Å²) in [6.07, 6.45) is 4.76. The third-order valence-electron chi connectivity index (χ3n) is 2.67. The van der Waals surface area contributed by atoms with Gasteiger partial charge in [-0.2, -0.15) is 4.98 Å². The number of aromatic nitrogens is 2. The Morgan fingerprint density at radius 1 is 1.42 bits per heavy atom. The molecule has 4 nitrogen and oxygen atoms in total. The molecule has 0 saturated heterocycles. The van der Waals surface area contributed by atoms with Crippen molar-refractivity contribution in [3.05, 3.63) is 5.89 Å². The van der Waals surface area contributed by atoms with Crippen LogP contribution in [0.5, 0.6) is 0 Å². The van der Waals surface area contributed by atoms with Crippen molar-refractivity contribution in [1.29, 1.82) is 0 Å². The SMILES string of the molecule is CC1(c2nc(N)no2)CCCC1. The Morgan fingerprint density at radius 2 is 2.08 bits per heavy atom. The van der Waals surface area contributed by atoms with E-state index in [4.69, 9.17) is 10.3 Å². The smallest absolute Gasteiger partial charge is 0.260 e. The summed E-state index contributed by atoms with van der Waals surface area (Å²) in [5.74, 6) is 0.954. The van der Waals surface area contributed by atoms with Crippen molar-refractivity contribution in [1.82, 2.24) is 10.1 Å². The van der Waals surface area contributed by atoms with Gasteiger partial charge in [-0.3, -0.25) is 0 Å². The van der Waals surface area contributed by atoms with E-state index < -0.39 is 0 Å². The summed E-state index contributed by atoms with van der Waals surface area (Å²) < 4.78 is 5.07. The van der Waals surface area contributed by atoms with Gasteiger partial charge >= 0.3 is 0 Å². The first-order valence-electron chi connectivity index (χ1n) is 4.30. The molecule has 0 spiro atoms. The van der Waals surface area contributed by atoms with E-state index in [-0.39, 0.29) is 11.4 Å². The zero-order valence-corrected chi connectivity index (χ0v) is 7.21. The molecule has 0 amide bonds. The summed E-state index contributed by atoms with van der Waals surface area (Å²) in [6, 6.07) is 0. The molecule has 4 heteroatoms. The third-order valence-corrected chi connectivity index (χ3v) is 2.67. The molecule has 0 aromatic carbocycles. The van der Waals surface area contributed by atoms with E-state index in [1.54, 1.807) is 0 Å². The highest BCUT2D eigenvalue weighted by Gasteiger charge is 2.35. The van der Waals surface area contributed by atoms with Crippen LogP contribution in [0.1, 0.15) is 38.5 Å². The lowest BCUT2D eigenvalue weighted by molar-refractivity contribution is 0.296. The molecule has 2 N–H and O–H groups in total. The van der Waals surface area contributed by atoms with Crippen molar-refractivity contribution in [2.75, 3.05) is 5.73 Å². The Labute approximate surface area is 71.1 Å². The number of nitrogens with two attached hydrogens (primary N) is 1. The number of anilines is 1. The van der Waals surface area contributed by atoms with E-state index in [1.165, 1.54) is 12.8 Å². The van der Waals surface area contributed by atoms with Gasteiger partial charge in [0.1, 0.15) is 0 Å². The second kappa shape index (κ2) is 2.47. The van der Waals surface area contributed by atoms with Crippen molar-refractivity contribution >= 4 is 5.95 Å². The first-order chi connectivity index (χ1) is 5.71. The third kappa shape index (κ3) is 1.07. The molecule has 1 heterocycles. The van der Waals surface area contributed by atoms with Gasteiger partial charge in [0.15, 0.2) is 0 Å². The summed E-state index contributed by atoms with van der Waals surface area (Å²) in [6.45, 7) is 2.16. The second-order valence-electron chi connectivity index (χ2n) is 3.73. The van der Waals surface area contributed by atoms with Crippen molar-refractivity contribution in [2.24, 2.45) is 0 Å². The Bertz CT molecular complexity index is 276. The summed E-state index contributed by atoms with van der Waals surface area (Å²) >= 11 is 0. The highest BCUT2D eigenvalue weighted by atomic mass is 16.5. The lowest BCUT2D eigenvalue weighted by atomic mass is 9.89. The molecule has 1 aliphatic rings. The van der Waals surface area contributed by atoms with E-state index in [0.717, 1.165) is 12.8 Å². The van der Waals surface area contributed by atoms with E-state index >= 15 is 0 Å². The van der Waals surface area contributed by atoms with Gasteiger partial charge in [0.25, 0.3) is 5.95 Å². The molecule has 0 atom stereocenters. The molecule has 1 saturated carbocycles. The van der Waals surface area contributed by atoms with Crippen LogP contribution in [0.15, 0.2) is 4.52 Å². The van der Waals surface area contributed by atoms with Gasteiger partial charge < -0.3 is 10.3 Å². The van der Waals surface area contributed by atoms with Crippen molar-refractivity contribution in [2.45, 2.75) is 38.0 Å². The summed E-state index contributed by atoms with van der Waals surface area (Å²) in [7, 11) is 0. The fourth-order valence-electron chi connectivity index (χ4n) is 1.85. The van der Waals surface area contributed by atoms with Gasteiger partial charge in [-0.15, -0.1) is 0 Å². The fourth-order valence-corrected chi connectivity index (χ4v) is 1.85. The van der Waals surface area contributed by atoms with Gasteiger partial charge in [0.2, 0.25) is 5.89 Å². The first-order valence-corrected chi connectivity index (χ1v) is 4.30. The number of rotatable bonds is 1. The van der Waals surface area contributed by atoms with Gasteiger partial charge in [-0.05, 0) is 18.0 Å². The number of hydrogen-bond acceptors (Lipinski definition) is 4. The molecule has 0 aliphatic heterocycles. The van der Waals surface area contributed by atoms with Crippen LogP contribution in [0.3, 0.4) is 0 Å². The van der Waals surface area contributed by atoms with Crippen LogP contribution in [0.2, 0.25) is 0 Å². The van der Waals surface area contributed by atoms with Crippen LogP contribution < -0.4 is 5.73 Å². The minimum Gasteiger partial charge on any atom is -0.365 e. The molecule has 1 aliphatic carbocycles. The van der Waals surface area contributed by atoms with Crippen molar-refractivity contribution < 1.29 is 4.52 Å². The predicted molar refractivity (Wildman–Crippen MR) is 44.5 cm³/mol. The largest absolute Gasteiger partial charge is 0.365 e. The molecular weight excluding hydrogens is 154 g/mol. The van der Waals surface area contributed by atoms with E-state index in [0.29, 0.717) is 5.89 Å². The molecule has 66 valence electrons. The minimum atomic E-state index is 0.0879. The average Bonchev–Trinajstić information content (AvgIpc) is 2.59. The molecule has 1 aromatic rings. The first kappa shape index (κ1) is 7.58. The summed E-state index contributed by atoms with van der Waals surface area (Å²) in [4.78, 5) is 4.06. The highest BCUT2D eigenvalue weighted by molar-refractivity contribution is 5.15. The van der Waals surface area contributed by atoms with Crippen LogP contribution in [0.25, 0.3) is 0 Å². The van der Waals surface area contributed by atoms with Crippen LogP contribution >= 0.6 is 0 Å². The van der Waals surface area contributed by atoms with Crippen LogP contribution in [-0.2, 0) is 5.41 Å². The maximum absolute atomic E-state index is 5.39. The summed E-state index contributed by atoms with van der Waals surface area (Å²) in [5.41, 5.74) is 5.48. The van der Waals surface area contributed by atoms with Gasteiger partial charge in [0.05, 0.1) is 0 Å². The van der Waals surface area contributed by atoms with Crippen molar-refractivity contribution in [3.63, 3.8) is 0 Å². The molecule has 1 aromatic heterocycles. The minimum absolute atomic E-state index is 0.0879. The maximum Gasteiger partial charge on any atom is 0.260 e. The normalized spacial score (nSPS) is 21.4. The lowest BCUT2D eigenvalue weighted by Crippen LogP contribution is -2.17. The van der Waals surface area contributed by atoms with Gasteiger partial charge in [-0.25, -0.2) is 0 Å². The quantitative estimate of drug-likeness (QED) is 0.688.